The van der Waals surface area contributed by atoms with Gasteiger partial charge < -0.3 is 0 Å². The second kappa shape index (κ2) is 3.27. The van der Waals surface area contributed by atoms with Crippen molar-refractivity contribution in [2.75, 3.05) is 0 Å². The molecular formula is C8H5BrFN3O2. The first-order chi connectivity index (χ1) is 7.00. The van der Waals surface area contributed by atoms with Crippen molar-refractivity contribution in [3.63, 3.8) is 0 Å². The molecule has 0 aliphatic rings. The predicted molar refractivity (Wildman–Crippen MR) is 55.0 cm³/mol. The Morgan fingerprint density at radius 2 is 2.33 bits per heavy atom. The highest BCUT2D eigenvalue weighted by atomic mass is 79.9. The monoisotopic (exact) mass is 273 g/mol. The summed E-state index contributed by atoms with van der Waals surface area (Å²) in [4.78, 5) is 9.78. The molecule has 1 heterocycles. The van der Waals surface area contributed by atoms with E-state index in [0.29, 0.717) is 10.9 Å². The third-order valence-electron chi connectivity index (χ3n) is 1.97. The van der Waals surface area contributed by atoms with E-state index in [0.717, 1.165) is 0 Å². The van der Waals surface area contributed by atoms with Crippen LogP contribution in [0.5, 0.6) is 0 Å². The standard InChI is InChI=1S/C8H5BrFN3O2/c1-12-3-4-2-5(13(14)15)7(10)6(9)8(4)11-12/h2-3H,1H3. The van der Waals surface area contributed by atoms with Crippen molar-refractivity contribution in [3.8, 4) is 0 Å². The van der Waals surface area contributed by atoms with Gasteiger partial charge in [0.2, 0.25) is 5.82 Å². The highest BCUT2D eigenvalue weighted by Gasteiger charge is 2.21. The van der Waals surface area contributed by atoms with Crippen LogP contribution in [0.2, 0.25) is 0 Å². The van der Waals surface area contributed by atoms with Gasteiger partial charge in [-0.25, -0.2) is 0 Å². The summed E-state index contributed by atoms with van der Waals surface area (Å²) in [5.74, 6) is -0.897. The molecule has 5 nitrogen and oxygen atoms in total. The van der Waals surface area contributed by atoms with Crippen LogP contribution in [0.15, 0.2) is 16.7 Å². The van der Waals surface area contributed by atoms with Gasteiger partial charge in [0, 0.05) is 24.7 Å². The van der Waals surface area contributed by atoms with Crippen molar-refractivity contribution in [2.45, 2.75) is 0 Å². The molecule has 0 bridgehead atoms. The second-order valence-corrected chi connectivity index (χ2v) is 3.81. The number of rotatable bonds is 1. The number of halogens is 2. The van der Waals surface area contributed by atoms with Gasteiger partial charge in [-0.1, -0.05) is 0 Å². The van der Waals surface area contributed by atoms with Crippen LogP contribution in [0.4, 0.5) is 10.1 Å². The maximum Gasteiger partial charge on any atom is 0.306 e. The number of nitrogens with zero attached hydrogens (tertiary/aromatic N) is 3. The molecule has 0 N–H and O–H groups in total. The molecule has 78 valence electrons. The highest BCUT2D eigenvalue weighted by Crippen LogP contribution is 2.32. The van der Waals surface area contributed by atoms with Gasteiger partial charge in [-0.05, 0) is 15.9 Å². The summed E-state index contributed by atoms with van der Waals surface area (Å²) in [6, 6.07) is 1.17. The van der Waals surface area contributed by atoms with E-state index in [1.807, 2.05) is 0 Å². The lowest BCUT2D eigenvalue weighted by atomic mass is 10.2. The Morgan fingerprint density at radius 1 is 1.67 bits per heavy atom. The van der Waals surface area contributed by atoms with E-state index < -0.39 is 16.4 Å². The molecule has 15 heavy (non-hydrogen) atoms. The number of aromatic nitrogens is 2. The zero-order valence-electron chi connectivity index (χ0n) is 7.57. The van der Waals surface area contributed by atoms with Gasteiger partial charge in [0.1, 0.15) is 5.52 Å². The fourth-order valence-corrected chi connectivity index (χ4v) is 1.85. The van der Waals surface area contributed by atoms with Gasteiger partial charge in [-0.2, -0.15) is 9.49 Å². The largest absolute Gasteiger partial charge is 0.306 e. The van der Waals surface area contributed by atoms with Gasteiger partial charge in [-0.15, -0.1) is 0 Å². The van der Waals surface area contributed by atoms with E-state index in [2.05, 4.69) is 21.0 Å². The molecule has 0 amide bonds. The number of nitro groups is 1. The van der Waals surface area contributed by atoms with Gasteiger partial charge in [0.25, 0.3) is 0 Å². The Kier molecular flexibility index (Phi) is 2.18. The van der Waals surface area contributed by atoms with E-state index in [-0.39, 0.29) is 4.47 Å². The van der Waals surface area contributed by atoms with Crippen LogP contribution >= 0.6 is 15.9 Å². The fourth-order valence-electron chi connectivity index (χ4n) is 1.34. The van der Waals surface area contributed by atoms with Crippen LogP contribution in [-0.2, 0) is 7.05 Å². The summed E-state index contributed by atoms with van der Waals surface area (Å²) in [6.45, 7) is 0. The number of hydrogen-bond donors (Lipinski definition) is 0. The predicted octanol–water partition coefficient (Wildman–Crippen LogP) is 2.38. The second-order valence-electron chi connectivity index (χ2n) is 3.02. The smallest absolute Gasteiger partial charge is 0.275 e. The first kappa shape index (κ1) is 10.0. The van der Waals surface area contributed by atoms with E-state index >= 15 is 0 Å². The van der Waals surface area contributed by atoms with Crippen molar-refractivity contribution in [3.05, 3.63) is 32.7 Å². The van der Waals surface area contributed by atoms with Crippen LogP contribution in [0.3, 0.4) is 0 Å². The number of hydrogen-bond acceptors (Lipinski definition) is 3. The molecule has 0 fully saturated rings. The van der Waals surface area contributed by atoms with Crippen molar-refractivity contribution >= 4 is 32.5 Å². The van der Waals surface area contributed by atoms with Crippen molar-refractivity contribution < 1.29 is 9.31 Å². The summed E-state index contributed by atoms with van der Waals surface area (Å²) in [6.07, 6.45) is 1.59. The van der Waals surface area contributed by atoms with Crippen molar-refractivity contribution in [2.24, 2.45) is 7.05 Å². The molecule has 0 unspecified atom stereocenters. The lowest BCUT2D eigenvalue weighted by Gasteiger charge is -1.97. The third-order valence-corrected chi connectivity index (χ3v) is 2.70. The van der Waals surface area contributed by atoms with Gasteiger partial charge >= 0.3 is 5.69 Å². The van der Waals surface area contributed by atoms with Crippen LogP contribution in [0, 0.1) is 15.9 Å². The lowest BCUT2D eigenvalue weighted by Crippen LogP contribution is -1.93. The van der Waals surface area contributed by atoms with Gasteiger partial charge in [0.15, 0.2) is 0 Å². The van der Waals surface area contributed by atoms with Crippen molar-refractivity contribution in [1.29, 1.82) is 0 Å². The first-order valence-corrected chi connectivity index (χ1v) is 4.75. The topological polar surface area (TPSA) is 61.0 Å². The summed E-state index contributed by atoms with van der Waals surface area (Å²) >= 11 is 2.96. The lowest BCUT2D eigenvalue weighted by molar-refractivity contribution is -0.387. The van der Waals surface area contributed by atoms with Gasteiger partial charge in [-0.3, -0.25) is 14.8 Å². The SMILES string of the molecule is Cn1cc2cc([N+](=O)[O-])c(F)c(Br)c2n1. The molecule has 0 aliphatic carbocycles. The number of aryl methyl sites for hydroxylation is 1. The molecule has 0 aliphatic heterocycles. The minimum Gasteiger partial charge on any atom is -0.275 e. The van der Waals surface area contributed by atoms with E-state index in [1.54, 1.807) is 13.2 Å². The Hall–Kier alpha value is -1.50. The fraction of sp³-hybridized carbons (Fsp3) is 0.125. The minimum absolute atomic E-state index is 0.0206. The molecule has 0 spiro atoms. The molecule has 0 saturated heterocycles. The normalized spacial score (nSPS) is 10.9. The summed E-state index contributed by atoms with van der Waals surface area (Å²) in [5.41, 5.74) is -0.178. The Bertz CT molecular complexity index is 567. The van der Waals surface area contributed by atoms with E-state index in [4.69, 9.17) is 0 Å². The molecule has 1 aromatic carbocycles. The van der Waals surface area contributed by atoms with Crippen LogP contribution in [-0.4, -0.2) is 14.7 Å². The summed E-state index contributed by atoms with van der Waals surface area (Å²) < 4.78 is 14.9. The van der Waals surface area contributed by atoms with Crippen LogP contribution in [0.1, 0.15) is 0 Å². The van der Waals surface area contributed by atoms with Crippen LogP contribution < -0.4 is 0 Å². The minimum atomic E-state index is -0.897. The molecule has 2 aromatic rings. The Labute approximate surface area is 91.8 Å². The Morgan fingerprint density at radius 3 is 2.93 bits per heavy atom. The molecule has 1 aromatic heterocycles. The van der Waals surface area contributed by atoms with E-state index in [9.17, 15) is 14.5 Å². The molecular weight excluding hydrogens is 269 g/mol. The van der Waals surface area contributed by atoms with E-state index in [1.165, 1.54) is 10.7 Å². The Balaban J connectivity index is 2.87. The molecule has 2 rings (SSSR count). The summed E-state index contributed by atoms with van der Waals surface area (Å²) in [7, 11) is 1.66. The number of benzene rings is 1. The zero-order valence-corrected chi connectivity index (χ0v) is 9.15. The third kappa shape index (κ3) is 1.48. The maximum absolute atomic E-state index is 13.5. The first-order valence-electron chi connectivity index (χ1n) is 3.96. The average molecular weight is 274 g/mol. The van der Waals surface area contributed by atoms with Crippen LogP contribution in [0.25, 0.3) is 10.9 Å². The summed E-state index contributed by atoms with van der Waals surface area (Å²) in [5, 5.41) is 15.0. The number of nitro benzene ring substituents is 1. The highest BCUT2D eigenvalue weighted by molar-refractivity contribution is 9.10. The maximum atomic E-state index is 13.5. The number of fused-ring (bicyclic) bond motifs is 1. The molecule has 7 heteroatoms. The van der Waals surface area contributed by atoms with Crippen molar-refractivity contribution in [1.82, 2.24) is 9.78 Å². The quantitative estimate of drug-likeness (QED) is 0.592. The average Bonchev–Trinajstić information content (AvgIpc) is 2.52. The molecule has 0 saturated carbocycles. The molecule has 0 radical (unpaired) electrons. The molecule has 0 atom stereocenters. The zero-order chi connectivity index (χ0) is 11.2. The van der Waals surface area contributed by atoms with Gasteiger partial charge in [0.05, 0.1) is 9.40 Å².